The number of primary amides is 1. The molecule has 1 amide bonds. The van der Waals surface area contributed by atoms with Crippen molar-refractivity contribution in [1.29, 1.82) is 0 Å². The van der Waals surface area contributed by atoms with Crippen LogP contribution >= 0.6 is 0 Å². The van der Waals surface area contributed by atoms with Gasteiger partial charge in [-0.15, -0.1) is 0 Å². The van der Waals surface area contributed by atoms with Crippen LogP contribution in [-0.4, -0.2) is 10.5 Å². The molecular weight excluding hydrogens is 332 g/mol. The van der Waals surface area contributed by atoms with Crippen molar-refractivity contribution >= 4 is 5.91 Å². The molecule has 1 atom stereocenters. The quantitative estimate of drug-likeness (QED) is 0.631. The largest absolute Gasteiger partial charge is 0.366 e. The normalized spacial score (nSPS) is 12.1. The van der Waals surface area contributed by atoms with Gasteiger partial charge in [0.15, 0.2) is 0 Å². The molecule has 0 aliphatic carbocycles. The Bertz CT molecular complexity index is 954. The van der Waals surface area contributed by atoms with E-state index in [4.69, 9.17) is 5.73 Å². The van der Waals surface area contributed by atoms with E-state index < -0.39 is 0 Å². The van der Waals surface area contributed by atoms with Gasteiger partial charge in [-0.2, -0.15) is 0 Å². The number of aryl methyl sites for hydroxylation is 3. The first-order valence-corrected chi connectivity index (χ1v) is 9.51. The van der Waals surface area contributed by atoms with E-state index in [0.717, 1.165) is 29.8 Å². The van der Waals surface area contributed by atoms with Crippen LogP contribution in [0.2, 0.25) is 0 Å². The highest BCUT2D eigenvalue weighted by Crippen LogP contribution is 2.33. The van der Waals surface area contributed by atoms with Crippen molar-refractivity contribution in [2.45, 2.75) is 46.6 Å². The highest BCUT2D eigenvalue weighted by Gasteiger charge is 2.21. The van der Waals surface area contributed by atoms with Crippen molar-refractivity contribution in [3.63, 3.8) is 0 Å². The van der Waals surface area contributed by atoms with Gasteiger partial charge in [0.25, 0.3) is 5.91 Å². The molecule has 3 heteroatoms. The third kappa shape index (κ3) is 3.97. The second-order valence-corrected chi connectivity index (χ2v) is 7.45. The molecule has 3 rings (SSSR count). The lowest BCUT2D eigenvalue weighted by Crippen LogP contribution is -2.14. The Morgan fingerprint density at radius 2 is 1.74 bits per heavy atom. The van der Waals surface area contributed by atoms with Gasteiger partial charge in [0.2, 0.25) is 0 Å². The molecule has 140 valence electrons. The van der Waals surface area contributed by atoms with Gasteiger partial charge in [0.1, 0.15) is 0 Å². The molecule has 0 bridgehead atoms. The van der Waals surface area contributed by atoms with Gasteiger partial charge in [-0.05, 0) is 57.7 Å². The number of nitrogens with zero attached hydrogens (tertiary/aromatic N) is 1. The molecule has 2 N–H and O–H groups in total. The van der Waals surface area contributed by atoms with Crippen LogP contribution in [-0.2, 0) is 6.42 Å². The van der Waals surface area contributed by atoms with Crippen LogP contribution < -0.4 is 5.73 Å². The van der Waals surface area contributed by atoms with Crippen LogP contribution in [0.4, 0.5) is 0 Å². The Morgan fingerprint density at radius 1 is 1.04 bits per heavy atom. The number of benzene rings is 2. The predicted molar refractivity (Wildman–Crippen MR) is 112 cm³/mol. The minimum atomic E-state index is -0.368. The van der Waals surface area contributed by atoms with Crippen molar-refractivity contribution in [1.82, 2.24) is 4.57 Å². The summed E-state index contributed by atoms with van der Waals surface area (Å²) in [5, 5.41) is 0. The first kappa shape index (κ1) is 19.0. The molecule has 0 aliphatic rings. The van der Waals surface area contributed by atoms with E-state index in [1.165, 1.54) is 16.7 Å². The minimum absolute atomic E-state index is 0.258. The van der Waals surface area contributed by atoms with Crippen LogP contribution in [0.25, 0.3) is 11.3 Å². The second kappa shape index (κ2) is 7.83. The van der Waals surface area contributed by atoms with Gasteiger partial charge in [0.05, 0.1) is 5.56 Å². The standard InChI is InChI=1S/C24H28N2O/c1-16-10-13-21(17(2)14-16)23-15-22(24(25)27)19(4)26(23)18(3)11-12-20-8-6-5-7-9-20/h5-10,13-15,18H,11-12H2,1-4H3,(H2,25,27). The summed E-state index contributed by atoms with van der Waals surface area (Å²) in [6.45, 7) is 8.42. The number of hydrogen-bond donors (Lipinski definition) is 1. The molecule has 0 aliphatic heterocycles. The zero-order chi connectivity index (χ0) is 19.6. The first-order chi connectivity index (χ1) is 12.9. The monoisotopic (exact) mass is 360 g/mol. The third-order valence-electron chi connectivity index (χ3n) is 5.35. The average molecular weight is 361 g/mol. The summed E-state index contributed by atoms with van der Waals surface area (Å²) in [5.74, 6) is -0.368. The summed E-state index contributed by atoms with van der Waals surface area (Å²) in [4.78, 5) is 12.0. The summed E-state index contributed by atoms with van der Waals surface area (Å²) in [6, 6.07) is 19.2. The molecule has 3 nitrogen and oxygen atoms in total. The zero-order valence-corrected chi connectivity index (χ0v) is 16.6. The van der Waals surface area contributed by atoms with Gasteiger partial charge < -0.3 is 10.3 Å². The summed E-state index contributed by atoms with van der Waals surface area (Å²) in [5.41, 5.74) is 13.2. The minimum Gasteiger partial charge on any atom is -0.366 e. The number of amides is 1. The van der Waals surface area contributed by atoms with E-state index in [1.807, 2.05) is 19.1 Å². The summed E-state index contributed by atoms with van der Waals surface area (Å²) < 4.78 is 2.28. The lowest BCUT2D eigenvalue weighted by Gasteiger charge is -2.21. The van der Waals surface area contributed by atoms with Crippen LogP contribution in [0.15, 0.2) is 54.6 Å². The molecule has 2 aromatic carbocycles. The number of carbonyl (C=O) groups excluding carboxylic acids is 1. The van der Waals surface area contributed by atoms with Crippen LogP contribution in [0.1, 0.15) is 52.1 Å². The second-order valence-electron chi connectivity index (χ2n) is 7.45. The fourth-order valence-corrected chi connectivity index (χ4v) is 3.90. The third-order valence-corrected chi connectivity index (χ3v) is 5.35. The van der Waals surface area contributed by atoms with Gasteiger partial charge >= 0.3 is 0 Å². The highest BCUT2D eigenvalue weighted by molar-refractivity contribution is 5.95. The van der Waals surface area contributed by atoms with Crippen molar-refractivity contribution in [3.05, 3.63) is 82.5 Å². The summed E-state index contributed by atoms with van der Waals surface area (Å²) in [7, 11) is 0. The molecule has 1 aromatic heterocycles. The summed E-state index contributed by atoms with van der Waals surface area (Å²) >= 11 is 0. The molecule has 1 heterocycles. The maximum Gasteiger partial charge on any atom is 0.250 e. The molecular formula is C24H28N2O. The smallest absolute Gasteiger partial charge is 0.250 e. The molecule has 0 saturated carbocycles. The molecule has 3 aromatic rings. The summed E-state index contributed by atoms with van der Waals surface area (Å²) in [6.07, 6.45) is 1.99. The van der Waals surface area contributed by atoms with E-state index >= 15 is 0 Å². The molecule has 27 heavy (non-hydrogen) atoms. The Balaban J connectivity index is 2.01. The number of nitrogens with two attached hydrogens (primary N) is 1. The van der Waals surface area contributed by atoms with Crippen LogP contribution in [0.3, 0.4) is 0 Å². The van der Waals surface area contributed by atoms with Crippen LogP contribution in [0, 0.1) is 20.8 Å². The maximum atomic E-state index is 12.0. The average Bonchev–Trinajstić information content (AvgIpc) is 2.98. The Morgan fingerprint density at radius 3 is 2.37 bits per heavy atom. The number of rotatable bonds is 6. The Labute approximate surface area is 161 Å². The van der Waals surface area contributed by atoms with E-state index in [0.29, 0.717) is 5.56 Å². The van der Waals surface area contributed by atoms with E-state index in [2.05, 4.69) is 67.8 Å². The SMILES string of the molecule is Cc1ccc(-c2cc(C(N)=O)c(C)n2C(C)CCc2ccccc2)c(C)c1. The lowest BCUT2D eigenvalue weighted by atomic mass is 10.0. The fourth-order valence-electron chi connectivity index (χ4n) is 3.90. The van der Waals surface area contributed by atoms with Gasteiger partial charge in [-0.1, -0.05) is 54.1 Å². The maximum absolute atomic E-state index is 12.0. The Hall–Kier alpha value is -2.81. The Kier molecular flexibility index (Phi) is 5.50. The van der Waals surface area contributed by atoms with E-state index in [-0.39, 0.29) is 11.9 Å². The van der Waals surface area contributed by atoms with Gasteiger partial charge in [-0.25, -0.2) is 0 Å². The molecule has 1 unspecified atom stereocenters. The van der Waals surface area contributed by atoms with Crippen molar-refractivity contribution in [2.75, 3.05) is 0 Å². The number of carbonyl (C=O) groups is 1. The van der Waals surface area contributed by atoms with Gasteiger partial charge in [0, 0.05) is 23.0 Å². The molecule has 0 fully saturated rings. The van der Waals surface area contributed by atoms with E-state index in [1.54, 1.807) is 0 Å². The molecule has 0 saturated heterocycles. The van der Waals surface area contributed by atoms with Crippen molar-refractivity contribution in [2.24, 2.45) is 5.73 Å². The predicted octanol–water partition coefficient (Wildman–Crippen LogP) is 5.37. The zero-order valence-electron chi connectivity index (χ0n) is 16.6. The van der Waals surface area contributed by atoms with Crippen molar-refractivity contribution < 1.29 is 4.79 Å². The topological polar surface area (TPSA) is 48.0 Å². The highest BCUT2D eigenvalue weighted by atomic mass is 16.1. The number of aromatic nitrogens is 1. The first-order valence-electron chi connectivity index (χ1n) is 9.51. The van der Waals surface area contributed by atoms with E-state index in [9.17, 15) is 4.79 Å². The fraction of sp³-hybridized carbons (Fsp3) is 0.292. The molecule has 0 spiro atoms. The lowest BCUT2D eigenvalue weighted by molar-refractivity contribution is 0.0999. The van der Waals surface area contributed by atoms with Crippen molar-refractivity contribution in [3.8, 4) is 11.3 Å². The molecule has 0 radical (unpaired) electrons. The van der Waals surface area contributed by atoms with Crippen LogP contribution in [0.5, 0.6) is 0 Å². The van der Waals surface area contributed by atoms with Gasteiger partial charge in [-0.3, -0.25) is 4.79 Å². The number of hydrogen-bond acceptors (Lipinski definition) is 1.